The molecule has 0 aromatic heterocycles. The Morgan fingerprint density at radius 2 is 1.91 bits per heavy atom. The van der Waals surface area contributed by atoms with E-state index >= 15 is 0 Å². The van der Waals surface area contributed by atoms with Crippen LogP contribution < -0.4 is 4.74 Å². The third kappa shape index (κ3) is 3.60. The molecule has 1 aliphatic rings. The molecular weight excluding hydrogens is 314 g/mol. The van der Waals surface area contributed by atoms with Crippen LogP contribution in [-0.4, -0.2) is 19.0 Å². The number of nitrogens with zero attached hydrogens (tertiary/aromatic N) is 1. The van der Waals surface area contributed by atoms with E-state index in [0.29, 0.717) is 23.1 Å². The molecule has 1 aliphatic heterocycles. The fourth-order valence-corrected chi connectivity index (χ4v) is 2.36. The van der Waals surface area contributed by atoms with Crippen LogP contribution in [0.15, 0.2) is 59.2 Å². The molecule has 2 aromatic carbocycles. The molecule has 0 saturated heterocycles. The maximum absolute atomic E-state index is 12.0. The summed E-state index contributed by atoms with van der Waals surface area (Å²) in [6.45, 7) is 0. The minimum Gasteiger partial charge on any atom is -0.496 e. The molecule has 0 unspecified atom stereocenters. The number of carbonyl (C=O) groups is 1. The van der Waals surface area contributed by atoms with Gasteiger partial charge in [0.25, 0.3) is 0 Å². The molecule has 5 heteroatoms. The summed E-state index contributed by atoms with van der Waals surface area (Å²) >= 11 is 5.86. The molecule has 1 heterocycles. The largest absolute Gasteiger partial charge is 0.496 e. The van der Waals surface area contributed by atoms with Crippen molar-refractivity contribution < 1.29 is 14.3 Å². The van der Waals surface area contributed by atoms with E-state index in [2.05, 4.69) is 4.99 Å². The lowest BCUT2D eigenvalue weighted by Gasteiger charge is -2.03. The van der Waals surface area contributed by atoms with Crippen LogP contribution in [0, 0.1) is 0 Å². The van der Waals surface area contributed by atoms with E-state index < -0.39 is 5.97 Å². The van der Waals surface area contributed by atoms with Gasteiger partial charge in [-0.15, -0.1) is 0 Å². The molecule has 0 fully saturated rings. The second-order valence-corrected chi connectivity index (χ2v) is 5.41. The fourth-order valence-electron chi connectivity index (χ4n) is 2.24. The van der Waals surface area contributed by atoms with E-state index in [1.165, 1.54) is 0 Å². The van der Waals surface area contributed by atoms with Crippen LogP contribution in [0.3, 0.4) is 0 Å². The van der Waals surface area contributed by atoms with Gasteiger partial charge in [0.2, 0.25) is 5.90 Å². The molecule has 3 rings (SSSR count). The summed E-state index contributed by atoms with van der Waals surface area (Å²) in [6, 6.07) is 14.7. The number of para-hydroxylation sites is 1. The van der Waals surface area contributed by atoms with Gasteiger partial charge in [-0.2, -0.15) is 0 Å². The highest BCUT2D eigenvalue weighted by atomic mass is 35.5. The molecule has 0 bridgehead atoms. The van der Waals surface area contributed by atoms with Crippen molar-refractivity contribution in [3.05, 3.63) is 70.4 Å². The van der Waals surface area contributed by atoms with E-state index in [1.54, 1.807) is 25.3 Å². The Morgan fingerprint density at radius 1 is 1.17 bits per heavy atom. The molecule has 0 radical (unpaired) electrons. The Balaban J connectivity index is 1.83. The third-order valence-corrected chi connectivity index (χ3v) is 3.62. The first-order valence-electron chi connectivity index (χ1n) is 7.04. The number of halogens is 1. The number of esters is 1. The van der Waals surface area contributed by atoms with E-state index in [9.17, 15) is 4.79 Å². The number of methoxy groups -OCH3 is 1. The van der Waals surface area contributed by atoms with Gasteiger partial charge in [0.15, 0.2) is 5.70 Å². The van der Waals surface area contributed by atoms with Crippen LogP contribution in [0.25, 0.3) is 6.08 Å². The number of hydrogen-bond donors (Lipinski definition) is 0. The van der Waals surface area contributed by atoms with Crippen molar-refractivity contribution in [3.63, 3.8) is 0 Å². The molecule has 0 atom stereocenters. The molecule has 4 nitrogen and oxygen atoms in total. The molecular formula is C18H14ClNO3. The van der Waals surface area contributed by atoms with Gasteiger partial charge in [0.05, 0.1) is 7.11 Å². The normalized spacial score (nSPS) is 15.5. The molecule has 0 amide bonds. The Bertz CT molecular complexity index is 794. The molecule has 23 heavy (non-hydrogen) atoms. The molecule has 2 aromatic rings. The predicted molar refractivity (Wildman–Crippen MR) is 89.7 cm³/mol. The summed E-state index contributed by atoms with van der Waals surface area (Å²) < 4.78 is 10.5. The lowest BCUT2D eigenvalue weighted by Crippen LogP contribution is -2.06. The number of benzene rings is 2. The van der Waals surface area contributed by atoms with Crippen molar-refractivity contribution in [1.29, 1.82) is 0 Å². The lowest BCUT2D eigenvalue weighted by molar-refractivity contribution is -0.130. The highest BCUT2D eigenvalue weighted by Crippen LogP contribution is 2.23. The van der Waals surface area contributed by atoms with Gasteiger partial charge in [-0.25, -0.2) is 9.79 Å². The van der Waals surface area contributed by atoms with Gasteiger partial charge in [0.1, 0.15) is 5.75 Å². The summed E-state index contributed by atoms with van der Waals surface area (Å²) in [6.07, 6.45) is 2.10. The molecule has 0 saturated carbocycles. The average molecular weight is 328 g/mol. The Labute approximate surface area is 139 Å². The monoisotopic (exact) mass is 327 g/mol. The minimum atomic E-state index is -0.458. The zero-order chi connectivity index (χ0) is 16.2. The standard InChI is InChI=1S/C18H14ClNO3/c1-22-16-5-3-2-4-13(16)11-15-18(21)23-17(20-15)10-12-6-8-14(19)9-7-12/h2-9,11H,10H2,1H3/b15-11-. The van der Waals surface area contributed by atoms with Crippen LogP contribution in [0.4, 0.5) is 0 Å². The Morgan fingerprint density at radius 3 is 2.65 bits per heavy atom. The predicted octanol–water partition coefficient (Wildman–Crippen LogP) is 3.89. The average Bonchev–Trinajstić information content (AvgIpc) is 2.90. The second kappa shape index (κ2) is 6.67. The van der Waals surface area contributed by atoms with Crippen LogP contribution in [0.2, 0.25) is 5.02 Å². The van der Waals surface area contributed by atoms with Crippen molar-refractivity contribution in [2.45, 2.75) is 6.42 Å². The highest BCUT2D eigenvalue weighted by molar-refractivity contribution is 6.30. The summed E-state index contributed by atoms with van der Waals surface area (Å²) in [7, 11) is 1.58. The van der Waals surface area contributed by atoms with Gasteiger partial charge < -0.3 is 9.47 Å². The van der Waals surface area contributed by atoms with Crippen molar-refractivity contribution in [1.82, 2.24) is 0 Å². The third-order valence-electron chi connectivity index (χ3n) is 3.36. The van der Waals surface area contributed by atoms with Crippen molar-refractivity contribution in [3.8, 4) is 5.75 Å². The number of carbonyl (C=O) groups excluding carboxylic acids is 1. The Hall–Kier alpha value is -2.59. The molecule has 116 valence electrons. The zero-order valence-electron chi connectivity index (χ0n) is 12.5. The van der Waals surface area contributed by atoms with Gasteiger partial charge >= 0.3 is 5.97 Å². The Kier molecular flexibility index (Phi) is 4.44. The van der Waals surface area contributed by atoms with Crippen LogP contribution in [0.1, 0.15) is 11.1 Å². The lowest BCUT2D eigenvalue weighted by atomic mass is 10.1. The van der Waals surface area contributed by atoms with Gasteiger partial charge in [-0.3, -0.25) is 0 Å². The van der Waals surface area contributed by atoms with E-state index in [1.807, 2.05) is 36.4 Å². The van der Waals surface area contributed by atoms with Crippen LogP contribution in [0.5, 0.6) is 5.75 Å². The smallest absolute Gasteiger partial charge is 0.363 e. The van der Waals surface area contributed by atoms with Crippen LogP contribution in [-0.2, 0) is 16.0 Å². The number of ether oxygens (including phenoxy) is 2. The summed E-state index contributed by atoms with van der Waals surface area (Å²) in [4.78, 5) is 16.2. The van der Waals surface area contributed by atoms with Gasteiger partial charge in [-0.1, -0.05) is 41.9 Å². The maximum Gasteiger partial charge on any atom is 0.363 e. The fraction of sp³-hybridized carbons (Fsp3) is 0.111. The SMILES string of the molecule is COc1ccccc1/C=C1\N=C(Cc2ccc(Cl)cc2)OC1=O. The first kappa shape index (κ1) is 15.3. The van der Waals surface area contributed by atoms with Gasteiger partial charge in [-0.05, 0) is 29.8 Å². The quantitative estimate of drug-likeness (QED) is 0.632. The van der Waals surface area contributed by atoms with Gasteiger partial charge in [0, 0.05) is 17.0 Å². The number of aliphatic imine (C=N–C) groups is 1. The van der Waals surface area contributed by atoms with Crippen molar-refractivity contribution >= 4 is 29.5 Å². The summed E-state index contributed by atoms with van der Waals surface area (Å²) in [5.74, 6) is 0.590. The first-order chi connectivity index (χ1) is 11.2. The molecule has 0 N–H and O–H groups in total. The first-order valence-corrected chi connectivity index (χ1v) is 7.42. The second-order valence-electron chi connectivity index (χ2n) is 4.97. The van der Waals surface area contributed by atoms with E-state index in [0.717, 1.165) is 11.1 Å². The number of hydrogen-bond acceptors (Lipinski definition) is 4. The highest BCUT2D eigenvalue weighted by Gasteiger charge is 2.23. The summed E-state index contributed by atoms with van der Waals surface area (Å²) in [5.41, 5.74) is 2.01. The molecule has 0 spiro atoms. The molecule has 0 aliphatic carbocycles. The maximum atomic E-state index is 12.0. The zero-order valence-corrected chi connectivity index (χ0v) is 13.2. The van der Waals surface area contributed by atoms with Crippen molar-refractivity contribution in [2.75, 3.05) is 7.11 Å². The van der Waals surface area contributed by atoms with Crippen molar-refractivity contribution in [2.24, 2.45) is 4.99 Å². The minimum absolute atomic E-state index is 0.262. The van der Waals surface area contributed by atoms with Crippen LogP contribution >= 0.6 is 11.6 Å². The topological polar surface area (TPSA) is 47.9 Å². The number of cyclic esters (lactones) is 1. The van der Waals surface area contributed by atoms with E-state index in [4.69, 9.17) is 21.1 Å². The summed E-state index contributed by atoms with van der Waals surface area (Å²) in [5, 5.41) is 0.663. The number of rotatable bonds is 4. The van der Waals surface area contributed by atoms with E-state index in [-0.39, 0.29) is 5.70 Å².